The predicted molar refractivity (Wildman–Crippen MR) is 63.1 cm³/mol. The molecule has 0 aromatic heterocycles. The topological polar surface area (TPSA) is 106 Å². The Kier molecular flexibility index (Phi) is 3.62. The third kappa shape index (κ3) is 4.19. The quantitative estimate of drug-likeness (QED) is 0.765. The van der Waals surface area contributed by atoms with Gasteiger partial charge in [-0.05, 0) is 12.1 Å². The first-order valence-corrected chi connectivity index (χ1v) is 8.04. The molecule has 1 rings (SSSR count). The van der Waals surface area contributed by atoms with Gasteiger partial charge in [-0.3, -0.25) is 4.72 Å². The van der Waals surface area contributed by atoms with Gasteiger partial charge in [0.2, 0.25) is 10.0 Å². The molecule has 96 valence electrons. The minimum atomic E-state index is -4.20. The second-order valence-corrected chi connectivity index (χ2v) is 7.69. The van der Waals surface area contributed by atoms with Gasteiger partial charge in [-0.15, -0.1) is 0 Å². The number of hydrogen-bond acceptors (Lipinski definition) is 5. The number of rotatable bonds is 4. The van der Waals surface area contributed by atoms with Crippen LogP contribution in [0.1, 0.15) is 0 Å². The number of sulfonamides is 1. The summed E-state index contributed by atoms with van der Waals surface area (Å²) in [6.45, 7) is 0. The van der Waals surface area contributed by atoms with Gasteiger partial charge < -0.3 is 5.73 Å². The molecule has 0 bridgehead atoms. The molecule has 0 spiro atoms. The van der Waals surface area contributed by atoms with E-state index in [4.69, 9.17) is 5.73 Å². The van der Waals surface area contributed by atoms with Gasteiger partial charge in [0.1, 0.15) is 11.5 Å². The molecule has 0 radical (unpaired) electrons. The zero-order chi connectivity index (χ0) is 13.3. The number of para-hydroxylation sites is 1. The fraction of sp³-hybridized carbons (Fsp3) is 0.250. The highest BCUT2D eigenvalue weighted by molar-refractivity contribution is 8.08. The van der Waals surface area contributed by atoms with E-state index in [-0.39, 0.29) is 5.69 Å². The van der Waals surface area contributed by atoms with E-state index in [0.29, 0.717) is 0 Å². The van der Waals surface area contributed by atoms with Crippen LogP contribution in [0.15, 0.2) is 18.2 Å². The highest BCUT2D eigenvalue weighted by Gasteiger charge is 2.20. The van der Waals surface area contributed by atoms with Crippen LogP contribution in [-0.4, -0.2) is 28.2 Å². The van der Waals surface area contributed by atoms with Gasteiger partial charge in [-0.1, -0.05) is 6.07 Å². The maximum Gasteiger partial charge on any atom is 0.247 e. The molecule has 6 nitrogen and oxygen atoms in total. The number of anilines is 2. The lowest BCUT2D eigenvalue weighted by Crippen LogP contribution is -2.23. The van der Waals surface area contributed by atoms with Crippen LogP contribution in [0.25, 0.3) is 0 Å². The molecule has 3 N–H and O–H groups in total. The van der Waals surface area contributed by atoms with Crippen LogP contribution in [0.3, 0.4) is 0 Å². The maximum atomic E-state index is 13.3. The lowest BCUT2D eigenvalue weighted by Gasteiger charge is -2.10. The number of hydrogen-bond donors (Lipinski definition) is 2. The normalized spacial score (nSPS) is 12.4. The summed E-state index contributed by atoms with van der Waals surface area (Å²) in [7, 11) is -7.94. The van der Waals surface area contributed by atoms with Crippen molar-refractivity contribution < 1.29 is 21.2 Å². The van der Waals surface area contributed by atoms with E-state index in [2.05, 4.69) is 0 Å². The molecule has 0 saturated heterocycles. The van der Waals surface area contributed by atoms with Crippen LogP contribution in [0.5, 0.6) is 0 Å². The van der Waals surface area contributed by atoms with Crippen molar-refractivity contribution >= 4 is 31.2 Å². The first-order valence-electron chi connectivity index (χ1n) is 4.33. The van der Waals surface area contributed by atoms with E-state index in [1.165, 1.54) is 12.1 Å². The lowest BCUT2D eigenvalue weighted by molar-refractivity contribution is 0.593. The highest BCUT2D eigenvalue weighted by Crippen LogP contribution is 2.23. The van der Waals surface area contributed by atoms with Crippen molar-refractivity contribution in [3.05, 3.63) is 24.0 Å². The molecule has 1 aromatic rings. The van der Waals surface area contributed by atoms with E-state index in [0.717, 1.165) is 12.3 Å². The molecule has 0 aliphatic rings. The van der Waals surface area contributed by atoms with Gasteiger partial charge in [0.15, 0.2) is 14.9 Å². The van der Waals surface area contributed by atoms with Crippen molar-refractivity contribution in [1.29, 1.82) is 0 Å². The van der Waals surface area contributed by atoms with Crippen LogP contribution in [0.2, 0.25) is 0 Å². The van der Waals surface area contributed by atoms with Crippen molar-refractivity contribution in [2.75, 3.05) is 21.8 Å². The first kappa shape index (κ1) is 13.7. The van der Waals surface area contributed by atoms with Gasteiger partial charge in [-0.2, -0.15) is 0 Å². The smallest absolute Gasteiger partial charge is 0.247 e. The lowest BCUT2D eigenvalue weighted by atomic mass is 10.3. The second kappa shape index (κ2) is 4.49. The van der Waals surface area contributed by atoms with Crippen LogP contribution in [-0.2, 0) is 19.9 Å². The molecule has 0 aliphatic carbocycles. The molecule has 0 unspecified atom stereocenters. The van der Waals surface area contributed by atoms with Crippen molar-refractivity contribution in [2.45, 2.75) is 0 Å². The number of halogens is 1. The molecule has 0 aliphatic heterocycles. The molecule has 0 heterocycles. The Morgan fingerprint density at radius 1 is 1.29 bits per heavy atom. The van der Waals surface area contributed by atoms with E-state index >= 15 is 0 Å². The van der Waals surface area contributed by atoms with Crippen LogP contribution >= 0.6 is 0 Å². The van der Waals surface area contributed by atoms with Crippen LogP contribution < -0.4 is 10.5 Å². The molecule has 0 amide bonds. The first-order chi connectivity index (χ1) is 7.61. The van der Waals surface area contributed by atoms with Crippen LogP contribution in [0, 0.1) is 5.82 Å². The van der Waals surface area contributed by atoms with Gasteiger partial charge >= 0.3 is 0 Å². The molecular formula is C8H11FN2O4S2. The third-order valence-corrected chi connectivity index (χ3v) is 5.14. The SMILES string of the molecule is CS(=O)(=O)CS(=O)(=O)Nc1c(N)cccc1F. The fourth-order valence-electron chi connectivity index (χ4n) is 1.12. The van der Waals surface area contributed by atoms with Crippen LogP contribution in [0.4, 0.5) is 15.8 Å². The van der Waals surface area contributed by atoms with E-state index < -0.39 is 36.5 Å². The molecule has 9 heteroatoms. The summed E-state index contributed by atoms with van der Waals surface area (Å²) in [5.41, 5.74) is 4.80. The molecule has 1 aromatic carbocycles. The zero-order valence-electron chi connectivity index (χ0n) is 8.84. The average molecular weight is 282 g/mol. The summed E-state index contributed by atoms with van der Waals surface area (Å²) in [5.74, 6) is -0.873. The number of sulfone groups is 1. The second-order valence-electron chi connectivity index (χ2n) is 3.46. The number of nitrogens with one attached hydrogen (secondary N) is 1. The Balaban J connectivity index is 3.07. The Labute approximate surface area is 98.6 Å². The molecule has 17 heavy (non-hydrogen) atoms. The van der Waals surface area contributed by atoms with Crippen molar-refractivity contribution in [3.8, 4) is 0 Å². The summed E-state index contributed by atoms with van der Waals surface area (Å²) < 4.78 is 59.6. The summed E-state index contributed by atoms with van der Waals surface area (Å²) in [4.78, 5) is 0. The number of nitrogen functional groups attached to an aromatic ring is 1. The summed E-state index contributed by atoms with van der Waals surface area (Å²) >= 11 is 0. The van der Waals surface area contributed by atoms with Crippen molar-refractivity contribution in [1.82, 2.24) is 0 Å². The Morgan fingerprint density at radius 2 is 1.88 bits per heavy atom. The van der Waals surface area contributed by atoms with E-state index in [1.807, 2.05) is 0 Å². The largest absolute Gasteiger partial charge is 0.397 e. The fourth-order valence-corrected chi connectivity index (χ4v) is 4.13. The summed E-state index contributed by atoms with van der Waals surface area (Å²) in [5, 5.41) is -1.13. The van der Waals surface area contributed by atoms with Gasteiger partial charge in [0, 0.05) is 6.26 Å². The Bertz CT molecular complexity index is 605. The average Bonchev–Trinajstić information content (AvgIpc) is 2.07. The van der Waals surface area contributed by atoms with E-state index in [1.54, 1.807) is 4.72 Å². The summed E-state index contributed by atoms with van der Waals surface area (Å²) in [6.07, 6.45) is 0.761. The molecule has 0 fully saturated rings. The molecule has 0 saturated carbocycles. The maximum absolute atomic E-state index is 13.3. The Morgan fingerprint density at radius 3 is 2.35 bits per heavy atom. The monoisotopic (exact) mass is 282 g/mol. The van der Waals surface area contributed by atoms with Gasteiger partial charge in [-0.25, -0.2) is 21.2 Å². The molecular weight excluding hydrogens is 271 g/mol. The highest BCUT2D eigenvalue weighted by atomic mass is 32.3. The van der Waals surface area contributed by atoms with E-state index in [9.17, 15) is 21.2 Å². The predicted octanol–water partition coefficient (Wildman–Crippen LogP) is 0.152. The standard InChI is InChI=1S/C8H11FN2O4S2/c1-16(12,13)5-17(14,15)11-8-6(9)3-2-4-7(8)10/h2-4,11H,5,10H2,1H3. The minimum Gasteiger partial charge on any atom is -0.397 e. The van der Waals surface area contributed by atoms with Gasteiger partial charge in [0.25, 0.3) is 0 Å². The zero-order valence-corrected chi connectivity index (χ0v) is 10.5. The van der Waals surface area contributed by atoms with Crippen molar-refractivity contribution in [3.63, 3.8) is 0 Å². The van der Waals surface area contributed by atoms with Gasteiger partial charge in [0.05, 0.1) is 5.69 Å². The number of nitrogens with two attached hydrogens (primary N) is 1. The van der Waals surface area contributed by atoms with Crippen molar-refractivity contribution in [2.24, 2.45) is 0 Å². The Hall–Kier alpha value is -1.35. The summed E-state index contributed by atoms with van der Waals surface area (Å²) in [6, 6.07) is 3.61. The minimum absolute atomic E-state index is 0.123. The molecule has 0 atom stereocenters. The number of benzene rings is 1. The third-order valence-electron chi connectivity index (χ3n) is 1.67.